The van der Waals surface area contributed by atoms with Gasteiger partial charge in [-0.05, 0) is 92.8 Å². The third-order valence-electron chi connectivity index (χ3n) is 9.35. The summed E-state index contributed by atoms with van der Waals surface area (Å²) in [6.07, 6.45) is 5.43. The van der Waals surface area contributed by atoms with Gasteiger partial charge in [-0.2, -0.15) is 0 Å². The van der Waals surface area contributed by atoms with Crippen molar-refractivity contribution < 1.29 is 19.1 Å². The molecule has 1 saturated carbocycles. The summed E-state index contributed by atoms with van der Waals surface area (Å²) in [5.41, 5.74) is 11.8. The number of fused-ring (bicyclic) bond motifs is 1. The molecule has 2 heterocycles. The molecule has 2 amide bonds. The maximum atomic E-state index is 14.9. The predicted molar refractivity (Wildman–Crippen MR) is 187 cm³/mol. The van der Waals surface area contributed by atoms with Crippen LogP contribution in [0.15, 0.2) is 79.0 Å². The molecule has 1 aliphatic heterocycles. The van der Waals surface area contributed by atoms with E-state index in [1.54, 1.807) is 12.0 Å². The molecule has 8 nitrogen and oxygen atoms in total. The molecule has 2 atom stereocenters. The zero-order chi connectivity index (χ0) is 33.1. The van der Waals surface area contributed by atoms with E-state index in [9.17, 15) is 9.59 Å². The molecule has 1 aliphatic carbocycles. The Bertz CT molecular complexity index is 1720. The summed E-state index contributed by atoms with van der Waals surface area (Å²) in [4.78, 5) is 32.0. The maximum Gasteiger partial charge on any atom is 0.410 e. The Morgan fingerprint density at radius 1 is 0.957 bits per heavy atom. The number of rotatable bonds is 10. The minimum absolute atomic E-state index is 0.0427. The predicted octanol–water partition coefficient (Wildman–Crippen LogP) is 7.46. The van der Waals surface area contributed by atoms with Crippen molar-refractivity contribution in [3.05, 3.63) is 90.1 Å². The van der Waals surface area contributed by atoms with Crippen LogP contribution >= 0.6 is 0 Å². The minimum atomic E-state index is -0.614. The maximum absolute atomic E-state index is 14.9. The number of nitrogens with two attached hydrogens (primary N) is 1. The monoisotopic (exact) mass is 636 g/mol. The zero-order valence-electron chi connectivity index (χ0n) is 28.2. The highest BCUT2D eigenvalue weighted by Gasteiger charge is 2.43. The van der Waals surface area contributed by atoms with Crippen LogP contribution in [0.2, 0.25) is 0 Å². The molecular formula is C39H48N4O4. The van der Waals surface area contributed by atoms with Crippen LogP contribution in [0.4, 0.5) is 10.5 Å². The van der Waals surface area contributed by atoms with E-state index in [1.165, 1.54) is 10.9 Å². The van der Waals surface area contributed by atoms with Crippen LogP contribution in [0.25, 0.3) is 22.0 Å². The van der Waals surface area contributed by atoms with Gasteiger partial charge in [-0.15, -0.1) is 0 Å². The second-order valence-corrected chi connectivity index (χ2v) is 14.1. The first-order valence-corrected chi connectivity index (χ1v) is 16.9. The standard InChI is InChI=1S/C39H48N4O4/c1-39(2,3)47-38(45)42-20-18-33(29-12-7-10-27(22-29)28-11-8-13-31(40)23-28)35(26-42)37(44)43(32-16-17-32)25-30-24-41(19-9-21-46-4)36-15-6-5-14-34(30)36/h5-8,10-15,22-24,32-33,35H,9,16-21,25-26,40H2,1-4H3/t33-,35+/m1/s1. The molecule has 0 spiro atoms. The number of nitrogens with zero attached hydrogens (tertiary/aromatic N) is 3. The molecule has 2 fully saturated rings. The van der Waals surface area contributed by atoms with Gasteiger partial charge in [-0.25, -0.2) is 4.79 Å². The molecule has 47 heavy (non-hydrogen) atoms. The highest BCUT2D eigenvalue weighted by Crippen LogP contribution is 2.40. The summed E-state index contributed by atoms with van der Waals surface area (Å²) in [5.74, 6) is -0.335. The lowest BCUT2D eigenvalue weighted by atomic mass is 9.79. The van der Waals surface area contributed by atoms with E-state index in [1.807, 2.05) is 39.0 Å². The fourth-order valence-corrected chi connectivity index (χ4v) is 6.94. The van der Waals surface area contributed by atoms with Gasteiger partial charge in [0.25, 0.3) is 0 Å². The molecular weight excluding hydrogens is 588 g/mol. The number of benzene rings is 3. The first-order chi connectivity index (χ1) is 22.6. The average molecular weight is 637 g/mol. The molecule has 1 saturated heterocycles. The van der Waals surface area contributed by atoms with Crippen LogP contribution in [-0.2, 0) is 27.4 Å². The number of aromatic nitrogens is 1. The lowest BCUT2D eigenvalue weighted by Gasteiger charge is -2.40. The Kier molecular flexibility index (Phi) is 9.60. The zero-order valence-corrected chi connectivity index (χ0v) is 28.2. The van der Waals surface area contributed by atoms with Crippen molar-refractivity contribution >= 4 is 28.6 Å². The van der Waals surface area contributed by atoms with Gasteiger partial charge in [0.1, 0.15) is 5.60 Å². The van der Waals surface area contributed by atoms with Gasteiger partial charge in [0.2, 0.25) is 5.91 Å². The molecule has 3 aromatic carbocycles. The topological polar surface area (TPSA) is 90.0 Å². The first-order valence-electron chi connectivity index (χ1n) is 16.9. The number of para-hydroxylation sites is 1. The van der Waals surface area contributed by atoms with E-state index in [4.69, 9.17) is 15.2 Å². The van der Waals surface area contributed by atoms with Crippen molar-refractivity contribution in [3.63, 3.8) is 0 Å². The van der Waals surface area contributed by atoms with Gasteiger partial charge in [-0.3, -0.25) is 4.79 Å². The van der Waals surface area contributed by atoms with Gasteiger partial charge < -0.3 is 29.6 Å². The van der Waals surface area contributed by atoms with E-state index in [0.717, 1.165) is 48.1 Å². The summed E-state index contributed by atoms with van der Waals surface area (Å²) in [6, 6.07) is 25.0. The smallest absolute Gasteiger partial charge is 0.410 e. The van der Waals surface area contributed by atoms with Crippen LogP contribution in [0.3, 0.4) is 0 Å². The molecule has 248 valence electrons. The quantitative estimate of drug-likeness (QED) is 0.144. The molecule has 6 rings (SSSR count). The Balaban J connectivity index is 1.32. The molecule has 8 heteroatoms. The van der Waals surface area contributed by atoms with E-state index >= 15 is 0 Å². The van der Waals surface area contributed by atoms with Gasteiger partial charge >= 0.3 is 6.09 Å². The number of hydrogen-bond acceptors (Lipinski definition) is 5. The molecule has 0 bridgehead atoms. The van der Waals surface area contributed by atoms with Crippen molar-refractivity contribution in [2.75, 3.05) is 32.5 Å². The highest BCUT2D eigenvalue weighted by molar-refractivity contribution is 5.86. The van der Waals surface area contributed by atoms with Crippen molar-refractivity contribution in [2.45, 2.75) is 77.1 Å². The second-order valence-electron chi connectivity index (χ2n) is 14.1. The van der Waals surface area contributed by atoms with Crippen LogP contribution in [0.5, 0.6) is 0 Å². The SMILES string of the molecule is COCCCn1cc(CN(C(=O)[C@H]2CN(C(=O)OC(C)(C)C)CC[C@@H]2c2cccc(-c3cccc(N)c3)c2)C2CC2)c2ccccc21. The van der Waals surface area contributed by atoms with Crippen LogP contribution in [-0.4, -0.2) is 64.8 Å². The van der Waals surface area contributed by atoms with E-state index in [2.05, 4.69) is 70.3 Å². The number of anilines is 1. The Labute approximate surface area is 278 Å². The van der Waals surface area contributed by atoms with Crippen LogP contribution in [0.1, 0.15) is 63.5 Å². The van der Waals surface area contributed by atoms with Gasteiger partial charge in [0, 0.05) is 68.7 Å². The Hall–Kier alpha value is -4.30. The fraction of sp³-hybridized carbons (Fsp3) is 0.436. The number of carbonyl (C=O) groups is 2. The first kappa shape index (κ1) is 32.6. The molecule has 0 radical (unpaired) electrons. The summed E-state index contributed by atoms with van der Waals surface area (Å²) in [7, 11) is 1.73. The van der Waals surface area contributed by atoms with E-state index in [-0.39, 0.29) is 24.0 Å². The van der Waals surface area contributed by atoms with Crippen molar-refractivity contribution in [1.82, 2.24) is 14.4 Å². The number of nitrogen functional groups attached to an aromatic ring is 1. The van der Waals surface area contributed by atoms with Crippen molar-refractivity contribution in [2.24, 2.45) is 5.92 Å². The van der Waals surface area contributed by atoms with E-state index < -0.39 is 11.5 Å². The highest BCUT2D eigenvalue weighted by atomic mass is 16.6. The molecule has 1 aromatic heterocycles. The third-order valence-corrected chi connectivity index (χ3v) is 9.35. The second kappa shape index (κ2) is 13.8. The normalized spacial score (nSPS) is 18.3. The number of hydrogen-bond donors (Lipinski definition) is 1. The summed E-state index contributed by atoms with van der Waals surface area (Å²) in [6.45, 7) is 8.58. The summed E-state index contributed by atoms with van der Waals surface area (Å²) < 4.78 is 13.4. The molecule has 2 N–H and O–H groups in total. The molecule has 4 aromatic rings. The van der Waals surface area contributed by atoms with Gasteiger partial charge in [0.05, 0.1) is 5.92 Å². The lowest BCUT2D eigenvalue weighted by molar-refractivity contribution is -0.139. The number of likely N-dealkylation sites (tertiary alicyclic amines) is 1. The lowest BCUT2D eigenvalue weighted by Crippen LogP contribution is -2.51. The number of methoxy groups -OCH3 is 1. The number of ether oxygens (including phenoxy) is 2. The summed E-state index contributed by atoms with van der Waals surface area (Å²) in [5, 5.41) is 1.17. The summed E-state index contributed by atoms with van der Waals surface area (Å²) >= 11 is 0. The van der Waals surface area contributed by atoms with Crippen LogP contribution in [0, 0.1) is 5.92 Å². The van der Waals surface area contributed by atoms with Crippen LogP contribution < -0.4 is 5.73 Å². The fourth-order valence-electron chi connectivity index (χ4n) is 6.94. The minimum Gasteiger partial charge on any atom is -0.444 e. The number of piperidine rings is 1. The average Bonchev–Trinajstić information content (AvgIpc) is 3.84. The largest absolute Gasteiger partial charge is 0.444 e. The van der Waals surface area contributed by atoms with E-state index in [0.29, 0.717) is 38.3 Å². The molecule has 2 aliphatic rings. The number of amides is 2. The Morgan fingerprint density at radius 3 is 2.43 bits per heavy atom. The Morgan fingerprint density at radius 2 is 1.70 bits per heavy atom. The van der Waals surface area contributed by atoms with Crippen molar-refractivity contribution in [3.8, 4) is 11.1 Å². The number of aryl methyl sites for hydroxylation is 1. The van der Waals surface area contributed by atoms with Gasteiger partial charge in [0.15, 0.2) is 0 Å². The number of carbonyl (C=O) groups excluding carboxylic acids is 2. The molecule has 0 unspecified atom stereocenters. The van der Waals surface area contributed by atoms with Crippen molar-refractivity contribution in [1.29, 1.82) is 0 Å². The van der Waals surface area contributed by atoms with Gasteiger partial charge in [-0.1, -0.05) is 54.6 Å². The third kappa shape index (κ3) is 7.65.